The van der Waals surface area contributed by atoms with Gasteiger partial charge in [-0.15, -0.1) is 0 Å². The molecule has 1 fully saturated rings. The Morgan fingerprint density at radius 1 is 1.30 bits per heavy atom. The van der Waals surface area contributed by atoms with Crippen molar-refractivity contribution in [2.75, 3.05) is 14.1 Å². The van der Waals surface area contributed by atoms with Crippen molar-refractivity contribution in [3.8, 4) is 6.07 Å². The third-order valence-corrected chi connectivity index (χ3v) is 4.97. The van der Waals surface area contributed by atoms with Gasteiger partial charge in [-0.2, -0.15) is 5.26 Å². The first kappa shape index (κ1) is 15.1. The maximum atomic E-state index is 10.0. The molecule has 0 aliphatic heterocycles. The van der Waals surface area contributed by atoms with E-state index >= 15 is 0 Å². The van der Waals surface area contributed by atoms with Gasteiger partial charge in [0.25, 0.3) is 0 Å². The van der Waals surface area contributed by atoms with E-state index < -0.39 is 0 Å². The van der Waals surface area contributed by atoms with E-state index in [1.807, 2.05) is 0 Å². The summed E-state index contributed by atoms with van der Waals surface area (Å²) in [5.41, 5.74) is 1.10. The molecule has 2 nitrogen and oxygen atoms in total. The van der Waals surface area contributed by atoms with Crippen LogP contribution in [0.5, 0.6) is 0 Å². The molecule has 0 radical (unpaired) electrons. The third-order valence-electron chi connectivity index (χ3n) is 4.97. The van der Waals surface area contributed by atoms with Crippen LogP contribution in [0.1, 0.15) is 50.5 Å². The highest BCUT2D eigenvalue weighted by molar-refractivity contribution is 5.28. The van der Waals surface area contributed by atoms with Crippen LogP contribution >= 0.6 is 0 Å². The molecule has 0 amide bonds. The molecule has 1 aromatic rings. The minimum absolute atomic E-state index is 0.238. The highest BCUT2D eigenvalue weighted by atomic mass is 15.1. The van der Waals surface area contributed by atoms with Crippen LogP contribution in [-0.2, 0) is 0 Å². The molecule has 3 unspecified atom stereocenters. The van der Waals surface area contributed by atoms with Gasteiger partial charge in [0.1, 0.15) is 0 Å². The average molecular weight is 270 g/mol. The van der Waals surface area contributed by atoms with Crippen molar-refractivity contribution in [1.82, 2.24) is 4.90 Å². The summed E-state index contributed by atoms with van der Waals surface area (Å²) in [5, 5.41) is 10.0. The van der Waals surface area contributed by atoms with Crippen LogP contribution in [0.15, 0.2) is 30.3 Å². The van der Waals surface area contributed by atoms with Gasteiger partial charge in [-0.3, -0.25) is 0 Å². The Morgan fingerprint density at radius 2 is 2.00 bits per heavy atom. The second-order valence-corrected chi connectivity index (χ2v) is 6.25. The Hall–Kier alpha value is -1.33. The minimum Gasteiger partial charge on any atom is -0.305 e. The zero-order valence-corrected chi connectivity index (χ0v) is 13.0. The topological polar surface area (TPSA) is 27.0 Å². The molecule has 1 aliphatic rings. The maximum Gasteiger partial charge on any atom is 0.0796 e. The maximum absolute atomic E-state index is 10.0. The van der Waals surface area contributed by atoms with Gasteiger partial charge in [0.2, 0.25) is 0 Å². The average Bonchev–Trinajstić information content (AvgIpc) is 2.48. The predicted molar refractivity (Wildman–Crippen MR) is 83.5 cm³/mol. The standard InChI is InChI=1S/C18H26N2/c1-4-17(20(2)3)18(14-19)13-9-8-12-16(18)15-10-6-5-7-11-15/h5-7,10-11,16-17H,4,8-9,12-13H2,1-3H3. The van der Waals surface area contributed by atoms with Crippen LogP contribution < -0.4 is 0 Å². The number of hydrogen-bond acceptors (Lipinski definition) is 2. The first-order valence-corrected chi connectivity index (χ1v) is 7.78. The number of nitrogens with zero attached hydrogens (tertiary/aromatic N) is 2. The van der Waals surface area contributed by atoms with Crippen molar-refractivity contribution < 1.29 is 0 Å². The Labute approximate surface area is 123 Å². The predicted octanol–water partition coefficient (Wildman–Crippen LogP) is 4.19. The van der Waals surface area contributed by atoms with E-state index in [-0.39, 0.29) is 5.41 Å². The molecule has 1 aromatic carbocycles. The van der Waals surface area contributed by atoms with E-state index in [0.717, 1.165) is 19.3 Å². The lowest BCUT2D eigenvalue weighted by Gasteiger charge is -2.47. The lowest BCUT2D eigenvalue weighted by atomic mass is 9.60. The van der Waals surface area contributed by atoms with Crippen LogP contribution in [0.2, 0.25) is 0 Å². The minimum atomic E-state index is -0.238. The van der Waals surface area contributed by atoms with Gasteiger partial charge < -0.3 is 4.90 Å². The molecule has 1 aliphatic carbocycles. The van der Waals surface area contributed by atoms with Gasteiger partial charge in [0.15, 0.2) is 0 Å². The van der Waals surface area contributed by atoms with Crippen molar-refractivity contribution >= 4 is 0 Å². The highest BCUT2D eigenvalue weighted by Gasteiger charge is 2.47. The normalized spacial score (nSPS) is 28.1. The summed E-state index contributed by atoms with van der Waals surface area (Å²) in [5.74, 6) is 0.370. The molecule has 3 atom stereocenters. The lowest BCUT2D eigenvalue weighted by molar-refractivity contribution is 0.0844. The SMILES string of the molecule is CCC(N(C)C)C1(C#N)CCCCC1c1ccccc1. The summed E-state index contributed by atoms with van der Waals surface area (Å²) in [4.78, 5) is 2.25. The molecule has 0 N–H and O–H groups in total. The molecule has 20 heavy (non-hydrogen) atoms. The van der Waals surface area contributed by atoms with Crippen LogP contribution in [0.4, 0.5) is 0 Å². The number of nitriles is 1. The van der Waals surface area contributed by atoms with Crippen LogP contribution in [0.3, 0.4) is 0 Å². The zero-order chi connectivity index (χ0) is 14.6. The van der Waals surface area contributed by atoms with Gasteiger partial charge in [-0.25, -0.2) is 0 Å². The summed E-state index contributed by atoms with van der Waals surface area (Å²) in [6.45, 7) is 2.21. The van der Waals surface area contributed by atoms with Crippen molar-refractivity contribution in [2.45, 2.75) is 51.0 Å². The highest BCUT2D eigenvalue weighted by Crippen LogP contribution is 2.50. The second-order valence-electron chi connectivity index (χ2n) is 6.25. The van der Waals surface area contributed by atoms with Crippen molar-refractivity contribution in [3.05, 3.63) is 35.9 Å². The van der Waals surface area contributed by atoms with Crippen LogP contribution in [0.25, 0.3) is 0 Å². The van der Waals surface area contributed by atoms with Gasteiger partial charge in [-0.05, 0) is 38.9 Å². The van der Waals surface area contributed by atoms with E-state index in [2.05, 4.69) is 62.3 Å². The largest absolute Gasteiger partial charge is 0.305 e. The van der Waals surface area contributed by atoms with E-state index in [9.17, 15) is 5.26 Å². The quantitative estimate of drug-likeness (QED) is 0.820. The van der Waals surface area contributed by atoms with E-state index in [1.54, 1.807) is 0 Å². The number of benzene rings is 1. The van der Waals surface area contributed by atoms with E-state index in [0.29, 0.717) is 12.0 Å². The molecule has 0 aromatic heterocycles. The fourth-order valence-electron chi connectivity index (χ4n) is 4.14. The van der Waals surface area contributed by atoms with Crippen molar-refractivity contribution in [3.63, 3.8) is 0 Å². The van der Waals surface area contributed by atoms with Crippen LogP contribution in [0, 0.1) is 16.7 Å². The first-order valence-electron chi connectivity index (χ1n) is 7.78. The van der Waals surface area contributed by atoms with Crippen molar-refractivity contribution in [1.29, 1.82) is 5.26 Å². The molecule has 108 valence electrons. The van der Waals surface area contributed by atoms with Gasteiger partial charge >= 0.3 is 0 Å². The van der Waals surface area contributed by atoms with E-state index in [1.165, 1.54) is 18.4 Å². The molecule has 0 spiro atoms. The monoisotopic (exact) mass is 270 g/mol. The molecule has 0 bridgehead atoms. The van der Waals surface area contributed by atoms with Gasteiger partial charge in [0.05, 0.1) is 11.5 Å². The zero-order valence-electron chi connectivity index (χ0n) is 13.0. The fraction of sp³-hybridized carbons (Fsp3) is 0.611. The summed E-state index contributed by atoms with van der Waals surface area (Å²) in [6.07, 6.45) is 5.62. The molecular formula is C18H26N2. The summed E-state index contributed by atoms with van der Waals surface area (Å²) in [6, 6.07) is 13.7. The van der Waals surface area contributed by atoms with E-state index in [4.69, 9.17) is 0 Å². The van der Waals surface area contributed by atoms with Crippen LogP contribution in [-0.4, -0.2) is 25.0 Å². The molecule has 2 rings (SSSR count). The molecule has 1 saturated carbocycles. The summed E-state index contributed by atoms with van der Waals surface area (Å²) >= 11 is 0. The number of hydrogen-bond donors (Lipinski definition) is 0. The molecule has 0 heterocycles. The third kappa shape index (κ3) is 2.60. The Bertz CT molecular complexity index is 460. The second kappa shape index (κ2) is 6.41. The molecule has 0 saturated heterocycles. The van der Waals surface area contributed by atoms with Crippen molar-refractivity contribution in [2.24, 2.45) is 5.41 Å². The van der Waals surface area contributed by atoms with Gasteiger partial charge in [0, 0.05) is 12.0 Å². The summed E-state index contributed by atoms with van der Waals surface area (Å²) in [7, 11) is 4.23. The Kier molecular flexibility index (Phi) is 4.83. The Morgan fingerprint density at radius 3 is 2.55 bits per heavy atom. The Balaban J connectivity index is 2.44. The van der Waals surface area contributed by atoms with Gasteiger partial charge in [-0.1, -0.05) is 50.1 Å². The molecule has 2 heteroatoms. The fourth-order valence-corrected chi connectivity index (χ4v) is 4.14. The number of rotatable bonds is 4. The first-order chi connectivity index (χ1) is 9.65. The summed E-state index contributed by atoms with van der Waals surface area (Å²) < 4.78 is 0. The smallest absolute Gasteiger partial charge is 0.0796 e. The lowest BCUT2D eigenvalue weighted by Crippen LogP contribution is -2.48. The molecular weight excluding hydrogens is 244 g/mol.